The summed E-state index contributed by atoms with van der Waals surface area (Å²) >= 11 is 0. The fourth-order valence-electron chi connectivity index (χ4n) is 1.29. The van der Waals surface area contributed by atoms with E-state index in [0.717, 1.165) is 25.9 Å². The highest BCUT2D eigenvalue weighted by atomic mass is 28.4. The molecule has 0 aromatic rings. The van der Waals surface area contributed by atoms with Gasteiger partial charge < -0.3 is 22.4 Å². The van der Waals surface area contributed by atoms with Crippen LogP contribution in [0.3, 0.4) is 0 Å². The molecule has 0 spiro atoms. The lowest BCUT2D eigenvalue weighted by atomic mass is 10.5. The first-order chi connectivity index (χ1) is 8.76. The maximum atomic E-state index is 5.81. The Labute approximate surface area is 111 Å². The average molecular weight is 278 g/mol. The van der Waals surface area contributed by atoms with Crippen molar-refractivity contribution in [2.75, 3.05) is 33.0 Å². The third kappa shape index (κ3) is 6.26. The van der Waals surface area contributed by atoms with E-state index in [9.17, 15) is 0 Å². The molecule has 0 aromatic heterocycles. The molecule has 0 saturated carbocycles. The van der Waals surface area contributed by atoms with Crippen LogP contribution in [-0.2, 0) is 22.4 Å². The molecular weight excluding hydrogens is 252 g/mol. The van der Waals surface area contributed by atoms with Gasteiger partial charge in [0.2, 0.25) is 0 Å². The number of epoxide rings is 1. The van der Waals surface area contributed by atoms with Crippen LogP contribution in [0.25, 0.3) is 0 Å². The van der Waals surface area contributed by atoms with E-state index in [1.54, 1.807) is 0 Å². The summed E-state index contributed by atoms with van der Waals surface area (Å²) in [6, 6.07) is 0. The van der Waals surface area contributed by atoms with Crippen molar-refractivity contribution in [3.63, 3.8) is 0 Å². The van der Waals surface area contributed by atoms with Crippen molar-refractivity contribution in [2.45, 2.75) is 46.1 Å². The molecule has 0 aromatic carbocycles. The number of hydrogen-bond acceptors (Lipinski definition) is 5. The molecule has 0 radical (unpaired) electrons. The standard InChI is InChI=1S/C12H26O5Si/c1-4-7-14-18(15-8-5-2,16-9-6-3)17-11-12-10-13-12/h12H,4-11H2,1-3H3. The Hall–Kier alpha value is 0.0169. The minimum absolute atomic E-state index is 0.192. The molecule has 18 heavy (non-hydrogen) atoms. The van der Waals surface area contributed by atoms with E-state index in [1.807, 2.05) is 0 Å². The molecule has 1 saturated heterocycles. The van der Waals surface area contributed by atoms with Gasteiger partial charge in [-0.25, -0.2) is 0 Å². The van der Waals surface area contributed by atoms with Gasteiger partial charge in [-0.15, -0.1) is 0 Å². The summed E-state index contributed by atoms with van der Waals surface area (Å²) in [7, 11) is -2.96. The van der Waals surface area contributed by atoms with Crippen molar-refractivity contribution < 1.29 is 22.4 Å². The van der Waals surface area contributed by atoms with E-state index < -0.39 is 9.05 Å². The smallest absolute Gasteiger partial charge is 0.371 e. The van der Waals surface area contributed by atoms with Crippen molar-refractivity contribution in [2.24, 2.45) is 0 Å². The Bertz CT molecular complexity index is 189. The van der Waals surface area contributed by atoms with Crippen molar-refractivity contribution in [3.8, 4) is 0 Å². The molecule has 1 rings (SSSR count). The molecule has 5 nitrogen and oxygen atoms in total. The molecular formula is C12H26O5Si. The highest BCUT2D eigenvalue weighted by Gasteiger charge is 2.46. The lowest BCUT2D eigenvalue weighted by Gasteiger charge is -2.27. The SMILES string of the molecule is CCCO[Si](OCCC)(OCCC)OCC1CO1. The van der Waals surface area contributed by atoms with Gasteiger partial charge in [0.05, 0.1) is 13.2 Å². The molecule has 0 N–H and O–H groups in total. The monoisotopic (exact) mass is 278 g/mol. The van der Waals surface area contributed by atoms with E-state index in [-0.39, 0.29) is 6.10 Å². The number of hydrogen-bond donors (Lipinski definition) is 0. The normalized spacial score (nSPS) is 19.2. The molecule has 1 aliphatic heterocycles. The van der Waals surface area contributed by atoms with Crippen molar-refractivity contribution in [3.05, 3.63) is 0 Å². The minimum atomic E-state index is -2.96. The molecule has 0 bridgehead atoms. The first-order valence-corrected chi connectivity index (χ1v) is 8.57. The van der Waals surface area contributed by atoms with Crippen molar-refractivity contribution in [1.29, 1.82) is 0 Å². The molecule has 1 heterocycles. The molecule has 6 heteroatoms. The zero-order valence-corrected chi connectivity index (χ0v) is 12.8. The summed E-state index contributed by atoms with van der Waals surface area (Å²) in [6.07, 6.45) is 2.95. The lowest BCUT2D eigenvalue weighted by molar-refractivity contribution is -0.0372. The van der Waals surface area contributed by atoms with E-state index in [4.69, 9.17) is 22.4 Å². The second kappa shape index (κ2) is 9.01. The van der Waals surface area contributed by atoms with Gasteiger partial charge >= 0.3 is 9.05 Å². The van der Waals surface area contributed by atoms with Crippen molar-refractivity contribution >= 4 is 9.05 Å². The molecule has 1 aliphatic rings. The van der Waals surface area contributed by atoms with Gasteiger partial charge in [-0.3, -0.25) is 0 Å². The third-order valence-electron chi connectivity index (χ3n) is 2.30. The van der Waals surface area contributed by atoms with Gasteiger partial charge in [0.1, 0.15) is 6.10 Å². The van der Waals surface area contributed by atoms with Gasteiger partial charge in [-0.05, 0) is 19.3 Å². The molecule has 1 fully saturated rings. The highest BCUT2D eigenvalue weighted by Crippen LogP contribution is 2.18. The lowest BCUT2D eigenvalue weighted by Crippen LogP contribution is -2.50. The summed E-state index contributed by atoms with van der Waals surface area (Å²) in [4.78, 5) is 0. The molecule has 1 atom stereocenters. The largest absolute Gasteiger partial charge is 0.679 e. The second-order valence-electron chi connectivity index (χ2n) is 4.31. The van der Waals surface area contributed by atoms with Crippen LogP contribution in [0.4, 0.5) is 0 Å². The summed E-state index contributed by atoms with van der Waals surface area (Å²) in [5.41, 5.74) is 0. The maximum absolute atomic E-state index is 5.81. The Morgan fingerprint density at radius 2 is 1.33 bits per heavy atom. The first-order valence-electron chi connectivity index (χ1n) is 6.93. The van der Waals surface area contributed by atoms with Crippen LogP contribution in [0.2, 0.25) is 0 Å². The molecule has 0 aliphatic carbocycles. The second-order valence-corrected chi connectivity index (χ2v) is 6.47. The van der Waals surface area contributed by atoms with Gasteiger partial charge in [-0.2, -0.15) is 0 Å². The average Bonchev–Trinajstić information content (AvgIpc) is 3.21. The predicted molar refractivity (Wildman–Crippen MR) is 70.2 cm³/mol. The highest BCUT2D eigenvalue weighted by molar-refractivity contribution is 6.53. The van der Waals surface area contributed by atoms with E-state index >= 15 is 0 Å². The number of rotatable bonds is 12. The Morgan fingerprint density at radius 1 is 0.889 bits per heavy atom. The third-order valence-corrected chi connectivity index (χ3v) is 4.49. The maximum Gasteiger partial charge on any atom is 0.679 e. The quantitative estimate of drug-likeness (QED) is 0.404. The van der Waals surface area contributed by atoms with Crippen molar-refractivity contribution in [1.82, 2.24) is 0 Å². The summed E-state index contributed by atoms with van der Waals surface area (Å²) in [6.45, 7) is 9.25. The molecule has 1 unspecified atom stereocenters. The Kier molecular flexibility index (Phi) is 8.04. The summed E-state index contributed by atoms with van der Waals surface area (Å²) in [5, 5.41) is 0. The van der Waals surface area contributed by atoms with Gasteiger partial charge in [0, 0.05) is 19.8 Å². The zero-order chi connectivity index (χ0) is 13.3. The summed E-state index contributed by atoms with van der Waals surface area (Å²) < 4.78 is 28.3. The summed E-state index contributed by atoms with van der Waals surface area (Å²) in [5.74, 6) is 0. The first kappa shape index (κ1) is 16.1. The van der Waals surface area contributed by atoms with Crippen LogP contribution < -0.4 is 0 Å². The van der Waals surface area contributed by atoms with E-state index in [0.29, 0.717) is 26.4 Å². The molecule has 0 amide bonds. The predicted octanol–water partition coefficient (Wildman–Crippen LogP) is 2.12. The number of ether oxygens (including phenoxy) is 1. The van der Waals surface area contributed by atoms with Gasteiger partial charge in [0.15, 0.2) is 0 Å². The Balaban J connectivity index is 2.49. The van der Waals surface area contributed by atoms with Crippen LogP contribution in [-0.4, -0.2) is 48.2 Å². The van der Waals surface area contributed by atoms with Crippen LogP contribution in [0.15, 0.2) is 0 Å². The molecule has 108 valence electrons. The van der Waals surface area contributed by atoms with Crippen LogP contribution in [0, 0.1) is 0 Å². The fraction of sp³-hybridized carbons (Fsp3) is 1.00. The van der Waals surface area contributed by atoms with E-state index in [2.05, 4.69) is 20.8 Å². The van der Waals surface area contributed by atoms with Crippen LogP contribution in [0.1, 0.15) is 40.0 Å². The fourth-order valence-corrected chi connectivity index (χ4v) is 3.54. The Morgan fingerprint density at radius 3 is 1.67 bits per heavy atom. The van der Waals surface area contributed by atoms with Gasteiger partial charge in [-0.1, -0.05) is 20.8 Å². The van der Waals surface area contributed by atoms with Gasteiger partial charge in [0.25, 0.3) is 0 Å². The van der Waals surface area contributed by atoms with E-state index in [1.165, 1.54) is 0 Å². The van der Waals surface area contributed by atoms with Crippen LogP contribution >= 0.6 is 0 Å². The zero-order valence-electron chi connectivity index (χ0n) is 11.8. The topological polar surface area (TPSA) is 49.5 Å². The van der Waals surface area contributed by atoms with Crippen LogP contribution in [0.5, 0.6) is 0 Å². The minimum Gasteiger partial charge on any atom is -0.371 e.